The van der Waals surface area contributed by atoms with Crippen LogP contribution in [0.15, 0.2) is 54.2 Å². The molecule has 2 amide bonds. The number of carbonyl (C=O) groups is 2. The summed E-state index contributed by atoms with van der Waals surface area (Å²) in [6.07, 6.45) is 1.97. The quantitative estimate of drug-likeness (QED) is 0.671. The molecular formula is C24H25FN2O3. The Balaban J connectivity index is 1.71. The smallest absolute Gasteiger partial charge is 0.282 e. The number of hydrogen-bond donors (Lipinski definition) is 0. The maximum absolute atomic E-state index is 13.4. The number of ether oxygens (including phenoxy) is 1. The number of halogens is 1. The van der Waals surface area contributed by atoms with Gasteiger partial charge in [-0.15, -0.1) is 0 Å². The number of amides is 2. The predicted octanol–water partition coefficient (Wildman–Crippen LogP) is 4.24. The Morgan fingerprint density at radius 2 is 1.57 bits per heavy atom. The fourth-order valence-corrected chi connectivity index (χ4v) is 3.82. The molecule has 0 aromatic heterocycles. The highest BCUT2D eigenvalue weighted by Crippen LogP contribution is 2.36. The van der Waals surface area contributed by atoms with E-state index < -0.39 is 5.82 Å². The Kier molecular flexibility index (Phi) is 5.57. The lowest BCUT2D eigenvalue weighted by molar-refractivity contribution is -0.120. The molecule has 0 saturated carbocycles. The third-order valence-electron chi connectivity index (χ3n) is 5.29. The van der Waals surface area contributed by atoms with Gasteiger partial charge in [0.2, 0.25) is 0 Å². The molecule has 1 fully saturated rings. The van der Waals surface area contributed by atoms with Crippen molar-refractivity contribution in [2.75, 3.05) is 24.6 Å². The van der Waals surface area contributed by atoms with Crippen molar-refractivity contribution in [3.63, 3.8) is 0 Å². The second-order valence-electron chi connectivity index (χ2n) is 8.07. The highest BCUT2D eigenvalue weighted by molar-refractivity contribution is 6.45. The average Bonchev–Trinajstić information content (AvgIpc) is 3.34. The van der Waals surface area contributed by atoms with Gasteiger partial charge < -0.3 is 9.64 Å². The van der Waals surface area contributed by atoms with E-state index >= 15 is 0 Å². The first-order valence-corrected chi connectivity index (χ1v) is 10.3. The Labute approximate surface area is 175 Å². The van der Waals surface area contributed by atoms with E-state index in [0.717, 1.165) is 36.6 Å². The Hall–Kier alpha value is -3.15. The first-order valence-electron chi connectivity index (χ1n) is 10.3. The number of carbonyl (C=O) groups excluding carboxylic acids is 2. The molecule has 0 unspecified atom stereocenters. The van der Waals surface area contributed by atoms with Gasteiger partial charge in [0.25, 0.3) is 11.8 Å². The Morgan fingerprint density at radius 1 is 0.933 bits per heavy atom. The van der Waals surface area contributed by atoms with E-state index in [1.54, 1.807) is 0 Å². The zero-order valence-corrected chi connectivity index (χ0v) is 17.2. The lowest BCUT2D eigenvalue weighted by Gasteiger charge is -2.20. The highest BCUT2D eigenvalue weighted by Gasteiger charge is 2.42. The van der Waals surface area contributed by atoms with Gasteiger partial charge in [0.15, 0.2) is 0 Å². The summed E-state index contributed by atoms with van der Waals surface area (Å²) in [6, 6.07) is 12.7. The van der Waals surface area contributed by atoms with Crippen LogP contribution < -0.4 is 9.64 Å². The van der Waals surface area contributed by atoms with Crippen molar-refractivity contribution in [3.05, 3.63) is 65.6 Å². The number of benzene rings is 2. The number of hydrogen-bond acceptors (Lipinski definition) is 4. The Bertz CT molecular complexity index is 975. The van der Waals surface area contributed by atoms with E-state index in [1.165, 1.54) is 24.3 Å². The lowest BCUT2D eigenvalue weighted by Crippen LogP contribution is -2.34. The monoisotopic (exact) mass is 408 g/mol. The van der Waals surface area contributed by atoms with Crippen LogP contribution >= 0.6 is 0 Å². The van der Waals surface area contributed by atoms with Gasteiger partial charge in [0, 0.05) is 13.1 Å². The molecule has 2 heterocycles. The molecule has 0 spiro atoms. The number of rotatable bonds is 6. The molecule has 0 bridgehead atoms. The van der Waals surface area contributed by atoms with E-state index in [-0.39, 0.29) is 11.8 Å². The summed E-state index contributed by atoms with van der Waals surface area (Å²) in [7, 11) is 0. The molecule has 30 heavy (non-hydrogen) atoms. The molecule has 5 nitrogen and oxygen atoms in total. The van der Waals surface area contributed by atoms with Crippen LogP contribution in [0.25, 0.3) is 5.57 Å². The summed E-state index contributed by atoms with van der Waals surface area (Å²) in [5, 5.41) is 0. The molecule has 156 valence electrons. The van der Waals surface area contributed by atoms with Crippen molar-refractivity contribution in [2.45, 2.75) is 26.7 Å². The first kappa shape index (κ1) is 20.1. The zero-order chi connectivity index (χ0) is 21.3. The molecule has 2 aromatic rings. The van der Waals surface area contributed by atoms with E-state index in [1.807, 2.05) is 29.2 Å². The van der Waals surface area contributed by atoms with E-state index in [4.69, 9.17) is 4.74 Å². The van der Waals surface area contributed by atoms with E-state index in [2.05, 4.69) is 13.8 Å². The minimum atomic E-state index is -0.414. The molecule has 6 heteroatoms. The third-order valence-corrected chi connectivity index (χ3v) is 5.29. The number of nitrogens with zero attached hydrogens (tertiary/aromatic N) is 2. The fraction of sp³-hybridized carbons (Fsp3) is 0.333. The van der Waals surface area contributed by atoms with Crippen LogP contribution in [0.1, 0.15) is 32.3 Å². The maximum Gasteiger partial charge on any atom is 0.282 e. The zero-order valence-electron chi connectivity index (χ0n) is 17.2. The van der Waals surface area contributed by atoms with Gasteiger partial charge in [0.1, 0.15) is 17.3 Å². The van der Waals surface area contributed by atoms with Gasteiger partial charge in [0.05, 0.1) is 17.9 Å². The van der Waals surface area contributed by atoms with Crippen LogP contribution in [0.3, 0.4) is 0 Å². The van der Waals surface area contributed by atoms with Crippen LogP contribution in [0.2, 0.25) is 0 Å². The van der Waals surface area contributed by atoms with Crippen LogP contribution in [0.4, 0.5) is 10.1 Å². The molecule has 0 radical (unpaired) electrons. The van der Waals surface area contributed by atoms with Crippen molar-refractivity contribution in [2.24, 2.45) is 5.92 Å². The fourth-order valence-electron chi connectivity index (χ4n) is 3.82. The molecule has 0 atom stereocenters. The number of likely N-dealkylation sites (tertiary alicyclic amines) is 1. The summed E-state index contributed by atoms with van der Waals surface area (Å²) in [4.78, 5) is 29.8. The van der Waals surface area contributed by atoms with Crippen molar-refractivity contribution in [1.82, 2.24) is 4.90 Å². The first-order chi connectivity index (χ1) is 14.5. The van der Waals surface area contributed by atoms with Crippen molar-refractivity contribution in [1.29, 1.82) is 0 Å². The van der Waals surface area contributed by atoms with Gasteiger partial charge >= 0.3 is 0 Å². The summed E-state index contributed by atoms with van der Waals surface area (Å²) >= 11 is 0. The average molecular weight is 408 g/mol. The Morgan fingerprint density at radius 3 is 2.17 bits per heavy atom. The predicted molar refractivity (Wildman–Crippen MR) is 113 cm³/mol. The lowest BCUT2D eigenvalue weighted by atomic mass is 10.0. The highest BCUT2D eigenvalue weighted by atomic mass is 19.1. The van der Waals surface area contributed by atoms with Crippen LogP contribution in [0.5, 0.6) is 5.75 Å². The number of anilines is 1. The van der Waals surface area contributed by atoms with Crippen molar-refractivity contribution < 1.29 is 18.7 Å². The van der Waals surface area contributed by atoms with Gasteiger partial charge in [-0.3, -0.25) is 9.59 Å². The van der Waals surface area contributed by atoms with Gasteiger partial charge in [-0.1, -0.05) is 26.0 Å². The molecule has 2 aromatic carbocycles. The second kappa shape index (κ2) is 8.30. The molecule has 0 N–H and O–H groups in total. The SMILES string of the molecule is CC(C)COc1ccc(C2=C(N3CCCC3)C(=O)N(c3ccc(F)cc3)C2=O)cc1. The third kappa shape index (κ3) is 3.82. The van der Waals surface area contributed by atoms with Gasteiger partial charge in [-0.05, 0) is 60.7 Å². The molecule has 0 aliphatic carbocycles. The molecule has 4 rings (SSSR count). The minimum absolute atomic E-state index is 0.358. The van der Waals surface area contributed by atoms with Crippen LogP contribution in [-0.2, 0) is 9.59 Å². The normalized spacial score (nSPS) is 16.9. The molecular weight excluding hydrogens is 383 g/mol. The largest absolute Gasteiger partial charge is 0.493 e. The summed E-state index contributed by atoms with van der Waals surface area (Å²) in [6.45, 7) is 6.24. The molecule has 2 aliphatic heterocycles. The molecule has 1 saturated heterocycles. The number of imide groups is 1. The summed E-state index contributed by atoms with van der Waals surface area (Å²) in [5.41, 5.74) is 1.87. The second-order valence-corrected chi connectivity index (χ2v) is 8.07. The van der Waals surface area contributed by atoms with Gasteiger partial charge in [-0.25, -0.2) is 9.29 Å². The standard InChI is InChI=1S/C24H25FN2O3/c1-16(2)15-30-20-11-5-17(6-12-20)21-22(26-13-3-4-14-26)24(29)27(23(21)28)19-9-7-18(25)8-10-19/h5-12,16H,3-4,13-15H2,1-2H3. The van der Waals surface area contributed by atoms with E-state index in [9.17, 15) is 14.0 Å². The van der Waals surface area contributed by atoms with Crippen molar-refractivity contribution >= 4 is 23.1 Å². The van der Waals surface area contributed by atoms with Gasteiger partial charge in [-0.2, -0.15) is 0 Å². The summed E-state index contributed by atoms with van der Waals surface area (Å²) < 4.78 is 19.1. The maximum atomic E-state index is 13.4. The van der Waals surface area contributed by atoms with Crippen molar-refractivity contribution in [3.8, 4) is 5.75 Å². The molecule has 2 aliphatic rings. The van der Waals surface area contributed by atoms with Crippen LogP contribution in [-0.4, -0.2) is 36.4 Å². The topological polar surface area (TPSA) is 49.9 Å². The van der Waals surface area contributed by atoms with E-state index in [0.29, 0.717) is 35.0 Å². The summed E-state index contributed by atoms with van der Waals surface area (Å²) in [5.74, 6) is -0.0221. The van der Waals surface area contributed by atoms with Crippen LogP contribution in [0, 0.1) is 11.7 Å². The minimum Gasteiger partial charge on any atom is -0.493 e.